The summed E-state index contributed by atoms with van der Waals surface area (Å²) >= 11 is 5.59. The highest BCUT2D eigenvalue weighted by atomic mass is 32.1. The molecular formula is C25H24O4S. The number of phenolic OH excluding ortho intramolecular Hbond substituents is 1. The predicted octanol–water partition coefficient (Wildman–Crippen LogP) is 5.85. The topological polar surface area (TPSA) is 66.8 Å². The molecule has 0 radical (unpaired) electrons. The van der Waals surface area contributed by atoms with Crippen molar-refractivity contribution < 1.29 is 19.7 Å². The van der Waals surface area contributed by atoms with E-state index in [-0.39, 0.29) is 12.2 Å². The summed E-state index contributed by atoms with van der Waals surface area (Å²) in [6, 6.07) is 23.2. The molecular weight excluding hydrogens is 396 g/mol. The highest BCUT2D eigenvalue weighted by molar-refractivity contribution is 7.81. The molecule has 0 unspecified atom stereocenters. The van der Waals surface area contributed by atoms with Gasteiger partial charge in [-0.1, -0.05) is 66.8 Å². The molecule has 0 aliphatic rings. The van der Waals surface area contributed by atoms with E-state index in [0.29, 0.717) is 29.2 Å². The van der Waals surface area contributed by atoms with Crippen LogP contribution in [0.3, 0.4) is 0 Å². The van der Waals surface area contributed by atoms with Gasteiger partial charge in [-0.25, -0.2) is 0 Å². The number of carboxylic acid groups (broad SMARTS) is 1. The number of unbranched alkanes of at least 4 members (excludes halogenated alkanes) is 2. The number of rotatable bonds is 10. The summed E-state index contributed by atoms with van der Waals surface area (Å²) in [5.41, 5.74) is 3.71. The summed E-state index contributed by atoms with van der Waals surface area (Å²) in [6.45, 7) is 0.476. The number of hydrogen-bond acceptors (Lipinski definition) is 4. The maximum Gasteiger partial charge on any atom is 0.303 e. The molecule has 0 fully saturated rings. The molecule has 154 valence electrons. The average Bonchev–Trinajstić information content (AvgIpc) is 2.76. The molecule has 30 heavy (non-hydrogen) atoms. The highest BCUT2D eigenvalue weighted by Crippen LogP contribution is 2.28. The largest absolute Gasteiger partial charge is 0.507 e. The second-order valence-electron chi connectivity index (χ2n) is 7.00. The molecule has 0 heterocycles. The highest BCUT2D eigenvalue weighted by Gasteiger charge is 2.11. The van der Waals surface area contributed by atoms with Crippen LogP contribution in [0, 0.1) is 0 Å². The Morgan fingerprint density at radius 1 is 0.867 bits per heavy atom. The van der Waals surface area contributed by atoms with Crippen LogP contribution in [0.5, 0.6) is 11.5 Å². The first-order valence-corrected chi connectivity index (χ1v) is 10.3. The van der Waals surface area contributed by atoms with Crippen molar-refractivity contribution in [2.75, 3.05) is 6.61 Å². The Hall–Kier alpha value is -3.18. The number of thiocarbonyl (C=S) groups is 1. The van der Waals surface area contributed by atoms with Crippen molar-refractivity contribution in [1.29, 1.82) is 0 Å². The number of carbonyl (C=O) groups is 1. The average molecular weight is 421 g/mol. The third-order valence-corrected chi connectivity index (χ3v) is 5.23. The summed E-state index contributed by atoms with van der Waals surface area (Å²) in [5, 5.41) is 19.1. The van der Waals surface area contributed by atoms with Gasteiger partial charge in [-0.05, 0) is 48.1 Å². The first-order valence-electron chi connectivity index (χ1n) is 9.92. The number of carboxylic acids is 1. The number of aromatic hydroxyl groups is 1. The molecule has 3 aromatic rings. The van der Waals surface area contributed by atoms with E-state index in [1.165, 1.54) is 0 Å². The van der Waals surface area contributed by atoms with Crippen molar-refractivity contribution in [3.63, 3.8) is 0 Å². The normalized spacial score (nSPS) is 10.5. The molecule has 0 saturated heterocycles. The van der Waals surface area contributed by atoms with Crippen LogP contribution in [-0.4, -0.2) is 27.7 Å². The van der Waals surface area contributed by atoms with Crippen molar-refractivity contribution in [3.8, 4) is 22.6 Å². The van der Waals surface area contributed by atoms with Crippen molar-refractivity contribution in [1.82, 2.24) is 0 Å². The molecule has 2 N–H and O–H groups in total. The zero-order valence-corrected chi connectivity index (χ0v) is 17.4. The zero-order chi connectivity index (χ0) is 21.3. The molecule has 3 rings (SSSR count). The van der Waals surface area contributed by atoms with E-state index in [1.807, 2.05) is 42.5 Å². The van der Waals surface area contributed by atoms with Crippen LogP contribution >= 0.6 is 12.2 Å². The van der Waals surface area contributed by atoms with Gasteiger partial charge in [0.2, 0.25) is 0 Å². The Morgan fingerprint density at radius 3 is 2.23 bits per heavy atom. The minimum Gasteiger partial charge on any atom is -0.507 e. The van der Waals surface area contributed by atoms with Crippen LogP contribution < -0.4 is 4.74 Å². The molecule has 0 aliphatic carbocycles. The number of benzene rings is 3. The molecule has 0 aliphatic heterocycles. The van der Waals surface area contributed by atoms with Crippen LogP contribution in [0.15, 0.2) is 72.8 Å². The molecule has 3 aromatic carbocycles. The van der Waals surface area contributed by atoms with Crippen LogP contribution in [-0.2, 0) is 4.79 Å². The summed E-state index contributed by atoms with van der Waals surface area (Å²) in [6.07, 6.45) is 2.38. The first-order chi connectivity index (χ1) is 14.5. The second-order valence-corrected chi connectivity index (χ2v) is 7.41. The summed E-state index contributed by atoms with van der Waals surface area (Å²) in [7, 11) is 0. The van der Waals surface area contributed by atoms with Crippen molar-refractivity contribution in [3.05, 3.63) is 83.9 Å². The minimum atomic E-state index is -0.776. The van der Waals surface area contributed by atoms with Gasteiger partial charge in [0.1, 0.15) is 11.5 Å². The van der Waals surface area contributed by atoms with E-state index in [1.54, 1.807) is 18.2 Å². The SMILES string of the molecule is O=C(O)CCCCCOc1ccc(C(=S)c2ccc(-c3ccccc3)cc2)c(O)c1. The lowest BCUT2D eigenvalue weighted by molar-refractivity contribution is -0.137. The quantitative estimate of drug-likeness (QED) is 0.245. The maximum atomic E-state index is 10.5. The molecule has 4 nitrogen and oxygen atoms in total. The fourth-order valence-electron chi connectivity index (χ4n) is 3.14. The van der Waals surface area contributed by atoms with Gasteiger partial charge >= 0.3 is 5.97 Å². The van der Waals surface area contributed by atoms with Crippen LogP contribution in [0.1, 0.15) is 36.8 Å². The Bertz CT molecular complexity index is 997. The Kier molecular flexibility index (Phi) is 7.57. The van der Waals surface area contributed by atoms with E-state index >= 15 is 0 Å². The minimum absolute atomic E-state index is 0.0792. The smallest absolute Gasteiger partial charge is 0.303 e. The lowest BCUT2D eigenvalue weighted by atomic mass is 9.99. The molecule has 0 aromatic heterocycles. The first kappa shape index (κ1) is 21.5. The number of phenols is 1. The zero-order valence-electron chi connectivity index (χ0n) is 16.6. The van der Waals surface area contributed by atoms with Gasteiger partial charge in [-0.15, -0.1) is 0 Å². The van der Waals surface area contributed by atoms with Gasteiger partial charge in [-0.3, -0.25) is 4.79 Å². The Balaban J connectivity index is 1.59. The van der Waals surface area contributed by atoms with Crippen LogP contribution in [0.2, 0.25) is 0 Å². The summed E-state index contributed by atoms with van der Waals surface area (Å²) in [4.78, 5) is 11.1. The molecule has 0 spiro atoms. The Labute approximate surface area is 181 Å². The fraction of sp³-hybridized carbons (Fsp3) is 0.200. The summed E-state index contributed by atoms with van der Waals surface area (Å²) in [5.74, 6) is -0.130. The monoisotopic (exact) mass is 420 g/mol. The Morgan fingerprint density at radius 2 is 1.57 bits per heavy atom. The van der Waals surface area contributed by atoms with Crippen molar-refractivity contribution >= 4 is 23.1 Å². The van der Waals surface area contributed by atoms with E-state index in [2.05, 4.69) is 12.1 Å². The van der Waals surface area contributed by atoms with E-state index in [9.17, 15) is 9.90 Å². The van der Waals surface area contributed by atoms with Crippen LogP contribution in [0.4, 0.5) is 0 Å². The van der Waals surface area contributed by atoms with Crippen molar-refractivity contribution in [2.45, 2.75) is 25.7 Å². The second kappa shape index (κ2) is 10.6. The van der Waals surface area contributed by atoms with E-state index < -0.39 is 5.97 Å². The fourth-order valence-corrected chi connectivity index (χ4v) is 3.45. The lowest BCUT2D eigenvalue weighted by Gasteiger charge is -2.11. The molecule has 0 bridgehead atoms. The van der Waals surface area contributed by atoms with Crippen LogP contribution in [0.25, 0.3) is 11.1 Å². The standard InChI is InChI=1S/C25H24O4S/c26-23-17-21(29-16-6-2-5-9-24(27)28)14-15-22(23)25(30)20-12-10-19(11-13-20)18-7-3-1-4-8-18/h1,3-4,7-8,10-15,17,26H,2,5-6,9,16H2,(H,27,28). The van der Waals surface area contributed by atoms with Gasteiger partial charge < -0.3 is 14.9 Å². The third kappa shape index (κ3) is 5.91. The lowest BCUT2D eigenvalue weighted by Crippen LogP contribution is -2.02. The van der Waals surface area contributed by atoms with E-state index in [0.717, 1.165) is 29.5 Å². The predicted molar refractivity (Wildman–Crippen MR) is 122 cm³/mol. The van der Waals surface area contributed by atoms with Gasteiger partial charge in [0.05, 0.1) is 11.5 Å². The van der Waals surface area contributed by atoms with E-state index in [4.69, 9.17) is 22.1 Å². The third-order valence-electron chi connectivity index (χ3n) is 4.77. The summed E-state index contributed by atoms with van der Waals surface area (Å²) < 4.78 is 5.65. The van der Waals surface area contributed by atoms with Crippen molar-refractivity contribution in [2.24, 2.45) is 0 Å². The van der Waals surface area contributed by atoms with Gasteiger partial charge in [-0.2, -0.15) is 0 Å². The molecule has 0 saturated carbocycles. The van der Waals surface area contributed by atoms with Gasteiger partial charge in [0, 0.05) is 18.1 Å². The number of aliphatic carboxylic acids is 1. The molecule has 5 heteroatoms. The van der Waals surface area contributed by atoms with Gasteiger partial charge in [0.25, 0.3) is 0 Å². The maximum absolute atomic E-state index is 10.5. The molecule has 0 atom stereocenters. The number of ether oxygens (including phenoxy) is 1. The van der Waals surface area contributed by atoms with Gasteiger partial charge in [0.15, 0.2) is 0 Å². The molecule has 0 amide bonds. The number of hydrogen-bond donors (Lipinski definition) is 2.